The van der Waals surface area contributed by atoms with E-state index < -0.39 is 0 Å². The minimum atomic E-state index is 0.525. The predicted octanol–water partition coefficient (Wildman–Crippen LogP) is 4.53. The van der Waals surface area contributed by atoms with Crippen LogP contribution >= 0.6 is 0 Å². The minimum absolute atomic E-state index is 0.525. The Bertz CT molecular complexity index is 285. The predicted molar refractivity (Wildman–Crippen MR) is 80.9 cm³/mol. The molecule has 19 heavy (non-hydrogen) atoms. The zero-order chi connectivity index (χ0) is 14.3. The third-order valence-electron chi connectivity index (χ3n) is 5.10. The fraction of sp³-hybridized carbons (Fsp3) is 0.882. The van der Waals surface area contributed by atoms with Gasteiger partial charge in [0.2, 0.25) is 0 Å². The van der Waals surface area contributed by atoms with Crippen LogP contribution in [0.25, 0.3) is 0 Å². The lowest BCUT2D eigenvalue weighted by molar-refractivity contribution is 0.0459. The molecule has 112 valence electrons. The summed E-state index contributed by atoms with van der Waals surface area (Å²) in [4.78, 5) is 0. The SMILES string of the molecule is CCCCC1CCC2CC=C(OC)CC2(C)C1.CO. The molecule has 2 heteroatoms. The molecule has 2 aliphatic carbocycles. The monoisotopic (exact) mass is 268 g/mol. The quantitative estimate of drug-likeness (QED) is 0.811. The van der Waals surface area contributed by atoms with Crippen LogP contribution in [0.3, 0.4) is 0 Å². The number of methoxy groups -OCH3 is 1. The average molecular weight is 268 g/mol. The van der Waals surface area contributed by atoms with Crippen LogP contribution in [0.15, 0.2) is 11.8 Å². The van der Waals surface area contributed by atoms with Crippen molar-refractivity contribution >= 4 is 0 Å². The summed E-state index contributed by atoms with van der Waals surface area (Å²) >= 11 is 0. The maximum absolute atomic E-state index is 7.00. The van der Waals surface area contributed by atoms with Crippen molar-refractivity contribution in [3.63, 3.8) is 0 Å². The molecule has 2 rings (SSSR count). The first kappa shape index (κ1) is 16.6. The smallest absolute Gasteiger partial charge is 0.0921 e. The number of aliphatic hydroxyl groups excluding tert-OH is 1. The maximum Gasteiger partial charge on any atom is 0.0921 e. The molecule has 0 aromatic rings. The van der Waals surface area contributed by atoms with Crippen molar-refractivity contribution in [1.82, 2.24) is 0 Å². The summed E-state index contributed by atoms with van der Waals surface area (Å²) in [5.41, 5.74) is 0.525. The van der Waals surface area contributed by atoms with Gasteiger partial charge in [0.1, 0.15) is 0 Å². The molecule has 0 aliphatic heterocycles. The van der Waals surface area contributed by atoms with Gasteiger partial charge in [-0.25, -0.2) is 0 Å². The molecule has 0 radical (unpaired) electrons. The van der Waals surface area contributed by atoms with Gasteiger partial charge in [-0.15, -0.1) is 0 Å². The molecule has 0 aromatic carbocycles. The van der Waals surface area contributed by atoms with E-state index >= 15 is 0 Å². The van der Waals surface area contributed by atoms with E-state index in [4.69, 9.17) is 9.84 Å². The van der Waals surface area contributed by atoms with E-state index in [1.807, 2.05) is 7.11 Å². The minimum Gasteiger partial charge on any atom is -0.501 e. The largest absolute Gasteiger partial charge is 0.501 e. The second kappa shape index (κ2) is 7.94. The van der Waals surface area contributed by atoms with E-state index in [1.54, 1.807) is 0 Å². The maximum atomic E-state index is 7.00. The Morgan fingerprint density at radius 1 is 1.37 bits per heavy atom. The second-order valence-electron chi connectivity index (χ2n) is 6.43. The number of hydrogen-bond acceptors (Lipinski definition) is 2. The van der Waals surface area contributed by atoms with Crippen LogP contribution in [-0.2, 0) is 4.74 Å². The lowest BCUT2D eigenvalue weighted by Gasteiger charge is -2.47. The van der Waals surface area contributed by atoms with Gasteiger partial charge in [-0.05, 0) is 42.6 Å². The summed E-state index contributed by atoms with van der Waals surface area (Å²) < 4.78 is 5.48. The first-order chi connectivity index (χ1) is 9.18. The van der Waals surface area contributed by atoms with Crippen molar-refractivity contribution in [2.75, 3.05) is 14.2 Å². The zero-order valence-electron chi connectivity index (χ0n) is 13.2. The molecule has 2 nitrogen and oxygen atoms in total. The highest BCUT2D eigenvalue weighted by atomic mass is 16.5. The molecule has 3 unspecified atom stereocenters. The van der Waals surface area contributed by atoms with E-state index in [2.05, 4.69) is 19.9 Å². The topological polar surface area (TPSA) is 29.5 Å². The van der Waals surface area contributed by atoms with Crippen molar-refractivity contribution in [3.8, 4) is 0 Å². The van der Waals surface area contributed by atoms with Crippen molar-refractivity contribution < 1.29 is 9.84 Å². The van der Waals surface area contributed by atoms with Crippen molar-refractivity contribution in [2.24, 2.45) is 17.3 Å². The number of fused-ring (bicyclic) bond motifs is 1. The number of allylic oxidation sites excluding steroid dienone is 2. The Kier molecular flexibility index (Phi) is 6.92. The van der Waals surface area contributed by atoms with Gasteiger partial charge < -0.3 is 9.84 Å². The molecular weight excluding hydrogens is 236 g/mol. The summed E-state index contributed by atoms with van der Waals surface area (Å²) in [7, 11) is 2.83. The van der Waals surface area contributed by atoms with E-state index in [0.29, 0.717) is 5.41 Å². The van der Waals surface area contributed by atoms with E-state index in [9.17, 15) is 0 Å². The Morgan fingerprint density at radius 3 is 2.74 bits per heavy atom. The van der Waals surface area contributed by atoms with Gasteiger partial charge in [0.25, 0.3) is 0 Å². The molecule has 1 saturated carbocycles. The molecule has 0 aromatic heterocycles. The van der Waals surface area contributed by atoms with Gasteiger partial charge in [0, 0.05) is 13.5 Å². The number of hydrogen-bond donors (Lipinski definition) is 1. The van der Waals surface area contributed by atoms with Crippen LogP contribution in [0.4, 0.5) is 0 Å². The van der Waals surface area contributed by atoms with Crippen LogP contribution in [0.1, 0.15) is 65.2 Å². The van der Waals surface area contributed by atoms with Crippen molar-refractivity contribution in [2.45, 2.75) is 65.2 Å². The van der Waals surface area contributed by atoms with Gasteiger partial charge in [-0.1, -0.05) is 39.5 Å². The molecule has 2 aliphatic rings. The van der Waals surface area contributed by atoms with E-state index in [-0.39, 0.29) is 0 Å². The van der Waals surface area contributed by atoms with E-state index in [1.165, 1.54) is 57.1 Å². The zero-order valence-corrected chi connectivity index (χ0v) is 13.2. The number of ether oxygens (including phenoxy) is 1. The van der Waals surface area contributed by atoms with Crippen LogP contribution in [0.5, 0.6) is 0 Å². The molecule has 0 amide bonds. The fourth-order valence-corrected chi connectivity index (χ4v) is 3.97. The molecule has 0 heterocycles. The van der Waals surface area contributed by atoms with Gasteiger partial charge in [-0.2, -0.15) is 0 Å². The molecule has 3 atom stereocenters. The van der Waals surface area contributed by atoms with Gasteiger partial charge in [-0.3, -0.25) is 0 Å². The van der Waals surface area contributed by atoms with Gasteiger partial charge >= 0.3 is 0 Å². The number of aliphatic hydroxyl groups is 1. The molecule has 0 bridgehead atoms. The van der Waals surface area contributed by atoms with E-state index in [0.717, 1.165) is 18.9 Å². The second-order valence-corrected chi connectivity index (χ2v) is 6.43. The molecule has 1 fully saturated rings. The summed E-state index contributed by atoms with van der Waals surface area (Å²) in [5, 5.41) is 7.00. The fourth-order valence-electron chi connectivity index (χ4n) is 3.97. The molecular formula is C17H32O2. The molecule has 0 spiro atoms. The molecule has 1 N–H and O–H groups in total. The van der Waals surface area contributed by atoms with Crippen LogP contribution in [-0.4, -0.2) is 19.3 Å². The third kappa shape index (κ3) is 4.24. The van der Waals surface area contributed by atoms with Crippen LogP contribution in [0, 0.1) is 17.3 Å². The highest BCUT2D eigenvalue weighted by Crippen LogP contribution is 2.52. The number of unbranched alkanes of at least 4 members (excludes halogenated alkanes) is 1. The highest BCUT2D eigenvalue weighted by Gasteiger charge is 2.42. The first-order valence-corrected chi connectivity index (χ1v) is 7.85. The Hall–Kier alpha value is -0.500. The summed E-state index contributed by atoms with van der Waals surface area (Å²) in [5.74, 6) is 3.13. The Morgan fingerprint density at radius 2 is 2.11 bits per heavy atom. The standard InChI is InChI=1S/C16H28O.CH4O/c1-4-5-6-13-7-8-14-9-10-15(17-3)12-16(14,2)11-13;1-2/h10,13-14H,4-9,11-12H2,1-3H3;2H,1H3. The van der Waals surface area contributed by atoms with Crippen molar-refractivity contribution in [1.29, 1.82) is 0 Å². The number of rotatable bonds is 4. The van der Waals surface area contributed by atoms with Crippen molar-refractivity contribution in [3.05, 3.63) is 11.8 Å². The Labute approximate surface area is 119 Å². The lowest BCUT2D eigenvalue weighted by Crippen LogP contribution is -2.37. The van der Waals surface area contributed by atoms with Crippen LogP contribution < -0.4 is 0 Å². The third-order valence-corrected chi connectivity index (χ3v) is 5.10. The lowest BCUT2D eigenvalue weighted by atomic mass is 9.59. The summed E-state index contributed by atoms with van der Waals surface area (Å²) in [6.07, 6.45) is 13.3. The normalized spacial score (nSPS) is 33.6. The van der Waals surface area contributed by atoms with Crippen LogP contribution in [0.2, 0.25) is 0 Å². The van der Waals surface area contributed by atoms with Gasteiger partial charge in [0.15, 0.2) is 0 Å². The average Bonchev–Trinajstić information content (AvgIpc) is 2.45. The Balaban J connectivity index is 0.000000861. The highest BCUT2D eigenvalue weighted by molar-refractivity contribution is 5.08. The molecule has 0 saturated heterocycles. The van der Waals surface area contributed by atoms with Gasteiger partial charge in [0.05, 0.1) is 12.9 Å². The first-order valence-electron chi connectivity index (χ1n) is 7.85. The summed E-state index contributed by atoms with van der Waals surface area (Å²) in [6, 6.07) is 0. The summed E-state index contributed by atoms with van der Waals surface area (Å²) in [6.45, 7) is 4.81.